The van der Waals surface area contributed by atoms with Gasteiger partial charge >= 0.3 is 5.97 Å². The van der Waals surface area contributed by atoms with Crippen LogP contribution >= 0.6 is 0 Å². The summed E-state index contributed by atoms with van der Waals surface area (Å²) < 4.78 is 6.30. The molecule has 0 aromatic carbocycles. The van der Waals surface area contributed by atoms with E-state index in [1.165, 1.54) is 12.0 Å². The first-order chi connectivity index (χ1) is 13.2. The highest BCUT2D eigenvalue weighted by Gasteiger charge is 2.69. The normalized spacial score (nSPS) is 48.2. The van der Waals surface area contributed by atoms with Crippen molar-refractivity contribution < 1.29 is 19.7 Å². The van der Waals surface area contributed by atoms with Crippen LogP contribution in [-0.4, -0.2) is 53.6 Å². The number of aliphatic carboxylic acids is 1. The second kappa shape index (κ2) is 6.05. The number of rotatable bonds is 2. The second-order valence-electron chi connectivity index (χ2n) is 10.8. The van der Waals surface area contributed by atoms with Crippen molar-refractivity contribution in [2.75, 3.05) is 26.7 Å². The minimum Gasteiger partial charge on any atom is -0.481 e. The Morgan fingerprint density at radius 3 is 2.64 bits per heavy atom. The maximum atomic E-state index is 12.2. The molecule has 3 fully saturated rings. The Labute approximate surface area is 168 Å². The van der Waals surface area contributed by atoms with E-state index in [0.29, 0.717) is 18.9 Å². The molecule has 2 N–H and O–H groups in total. The predicted octanol–water partition coefficient (Wildman–Crippen LogP) is 3.28. The molecular weight excluding hydrogens is 354 g/mol. The zero-order chi connectivity index (χ0) is 19.9. The van der Waals surface area contributed by atoms with Crippen molar-refractivity contribution in [3.63, 3.8) is 0 Å². The lowest BCUT2D eigenvalue weighted by Crippen LogP contribution is -2.64. The average molecular weight is 390 g/mol. The molecule has 0 unspecified atom stereocenters. The summed E-state index contributed by atoms with van der Waals surface area (Å²) in [7, 11) is 2.21. The third kappa shape index (κ3) is 2.27. The zero-order valence-electron chi connectivity index (χ0n) is 17.5. The van der Waals surface area contributed by atoms with E-state index in [-0.39, 0.29) is 28.6 Å². The second-order valence-corrected chi connectivity index (χ2v) is 10.8. The quantitative estimate of drug-likeness (QED) is 0.710. The first kappa shape index (κ1) is 19.1. The molecule has 5 aliphatic rings. The molecule has 1 saturated carbocycles. The van der Waals surface area contributed by atoms with Crippen LogP contribution in [0.1, 0.15) is 58.8 Å². The van der Waals surface area contributed by atoms with Crippen LogP contribution in [0.3, 0.4) is 0 Å². The van der Waals surface area contributed by atoms with Crippen LogP contribution in [-0.2, 0) is 9.53 Å². The molecule has 6 atom stereocenters. The molecule has 2 bridgehead atoms. The zero-order valence-corrected chi connectivity index (χ0v) is 17.5. The molecular formula is C23H35NO4. The lowest BCUT2D eigenvalue weighted by Gasteiger charge is -2.62. The molecule has 2 aliphatic heterocycles. The van der Waals surface area contributed by atoms with Gasteiger partial charge in [0.05, 0.1) is 12.5 Å². The van der Waals surface area contributed by atoms with Crippen molar-refractivity contribution >= 4 is 5.97 Å². The van der Waals surface area contributed by atoms with Gasteiger partial charge in [0.25, 0.3) is 0 Å². The van der Waals surface area contributed by atoms with Crippen LogP contribution in [0.5, 0.6) is 0 Å². The summed E-state index contributed by atoms with van der Waals surface area (Å²) in [5.74, 6) is -1.09. The smallest absolute Gasteiger partial charge is 0.307 e. The molecule has 5 nitrogen and oxygen atoms in total. The molecule has 5 heteroatoms. The van der Waals surface area contributed by atoms with Crippen LogP contribution in [0.2, 0.25) is 0 Å². The number of carboxylic acid groups (broad SMARTS) is 1. The Morgan fingerprint density at radius 2 is 2.00 bits per heavy atom. The van der Waals surface area contributed by atoms with E-state index in [1.807, 2.05) is 13.8 Å². The molecule has 0 amide bonds. The van der Waals surface area contributed by atoms with Crippen molar-refractivity contribution in [1.29, 1.82) is 0 Å². The van der Waals surface area contributed by atoms with Gasteiger partial charge in [-0.2, -0.15) is 0 Å². The molecule has 2 heterocycles. The number of allylic oxidation sites excluding steroid dienone is 1. The van der Waals surface area contributed by atoms with Crippen molar-refractivity contribution in [2.45, 2.75) is 64.6 Å². The van der Waals surface area contributed by atoms with Gasteiger partial charge in [-0.15, -0.1) is 0 Å². The van der Waals surface area contributed by atoms with Gasteiger partial charge in [-0.25, -0.2) is 0 Å². The van der Waals surface area contributed by atoms with E-state index in [0.717, 1.165) is 45.2 Å². The topological polar surface area (TPSA) is 70.0 Å². The summed E-state index contributed by atoms with van der Waals surface area (Å²) in [4.78, 5) is 14.7. The number of likely N-dealkylation sites (tertiary alicyclic amines) is 1. The van der Waals surface area contributed by atoms with Crippen LogP contribution in [0, 0.1) is 34.5 Å². The number of nitrogens with zero attached hydrogens (tertiary/aromatic N) is 1. The summed E-state index contributed by atoms with van der Waals surface area (Å²) in [6.07, 6.45) is 6.80. The molecule has 28 heavy (non-hydrogen) atoms. The summed E-state index contributed by atoms with van der Waals surface area (Å²) in [5.41, 5.74) is 2.99. The SMILES string of the molecule is CC(C)[C@]1(O)CC[C@@]2(CO1)[C@H]1CCC3=C4[C@@H](CC3)[C@@H](C(=O)O)C[C@]42CN(C)C1. The Morgan fingerprint density at radius 1 is 1.25 bits per heavy atom. The van der Waals surface area contributed by atoms with E-state index >= 15 is 0 Å². The third-order valence-electron chi connectivity index (χ3n) is 9.41. The third-order valence-corrected chi connectivity index (χ3v) is 9.41. The molecule has 156 valence electrons. The van der Waals surface area contributed by atoms with Crippen LogP contribution in [0.4, 0.5) is 0 Å². The molecule has 0 aromatic rings. The highest BCUT2D eigenvalue weighted by Crippen LogP contribution is 2.71. The van der Waals surface area contributed by atoms with Crippen LogP contribution in [0.25, 0.3) is 0 Å². The van der Waals surface area contributed by atoms with Crippen molar-refractivity contribution in [1.82, 2.24) is 4.90 Å². The maximum Gasteiger partial charge on any atom is 0.307 e. The monoisotopic (exact) mass is 389 g/mol. The Bertz CT molecular complexity index is 720. The maximum absolute atomic E-state index is 12.2. The highest BCUT2D eigenvalue weighted by molar-refractivity contribution is 5.73. The minimum absolute atomic E-state index is 0.0233. The van der Waals surface area contributed by atoms with Crippen molar-refractivity contribution in [3.8, 4) is 0 Å². The van der Waals surface area contributed by atoms with Crippen LogP contribution in [0.15, 0.2) is 11.1 Å². The highest BCUT2D eigenvalue weighted by atomic mass is 16.6. The van der Waals surface area contributed by atoms with E-state index < -0.39 is 11.8 Å². The van der Waals surface area contributed by atoms with Gasteiger partial charge in [0.1, 0.15) is 0 Å². The van der Waals surface area contributed by atoms with E-state index in [2.05, 4.69) is 11.9 Å². The number of ether oxygens (including phenoxy) is 1. The number of hydrogen-bond acceptors (Lipinski definition) is 4. The summed E-state index contributed by atoms with van der Waals surface area (Å²) in [6.45, 7) is 6.65. The lowest BCUT2D eigenvalue weighted by molar-refractivity contribution is -0.300. The fourth-order valence-corrected chi connectivity index (χ4v) is 8.03. The number of aliphatic hydroxyl groups is 1. The van der Waals surface area contributed by atoms with Gasteiger partial charge < -0.3 is 19.8 Å². The standard InChI is InChI=1S/C23H35NO4/c1-14(2)23(27)9-8-21(13-28-23)16-6-4-15-5-7-17-18(20(25)26)10-22(21,19(15)17)12-24(3)11-16/h14,16-18,27H,4-13H2,1-3H3,(H,25,26)/t16-,17-,18-,21+,22-,23-/m0/s1. The first-order valence-corrected chi connectivity index (χ1v) is 11.2. The average Bonchev–Trinajstić information content (AvgIpc) is 3.17. The van der Waals surface area contributed by atoms with E-state index in [1.54, 1.807) is 5.57 Å². The molecule has 5 rings (SSSR count). The van der Waals surface area contributed by atoms with Gasteiger partial charge in [0, 0.05) is 36.3 Å². The van der Waals surface area contributed by atoms with Gasteiger partial charge in [-0.05, 0) is 57.4 Å². The Balaban J connectivity index is 1.63. The van der Waals surface area contributed by atoms with Crippen LogP contribution < -0.4 is 0 Å². The molecule has 0 aromatic heterocycles. The predicted molar refractivity (Wildman–Crippen MR) is 106 cm³/mol. The molecule has 2 saturated heterocycles. The minimum atomic E-state index is -1.04. The largest absolute Gasteiger partial charge is 0.481 e. The summed E-state index contributed by atoms with van der Waals surface area (Å²) in [5, 5.41) is 21.0. The Kier molecular flexibility index (Phi) is 4.12. The molecule has 3 aliphatic carbocycles. The molecule has 0 radical (unpaired) electrons. The van der Waals surface area contributed by atoms with Gasteiger partial charge in [-0.1, -0.05) is 25.0 Å². The molecule has 2 spiro atoms. The number of carbonyl (C=O) groups is 1. The lowest BCUT2D eigenvalue weighted by atomic mass is 9.50. The number of hydrogen-bond donors (Lipinski definition) is 2. The van der Waals surface area contributed by atoms with Crippen molar-refractivity contribution in [3.05, 3.63) is 11.1 Å². The van der Waals surface area contributed by atoms with Crippen molar-refractivity contribution in [2.24, 2.45) is 34.5 Å². The number of piperidine rings is 1. The fourth-order valence-electron chi connectivity index (χ4n) is 8.03. The first-order valence-electron chi connectivity index (χ1n) is 11.2. The number of carboxylic acids is 1. The van der Waals surface area contributed by atoms with Gasteiger partial charge in [0.2, 0.25) is 0 Å². The van der Waals surface area contributed by atoms with Gasteiger partial charge in [0.15, 0.2) is 5.79 Å². The van der Waals surface area contributed by atoms with E-state index in [9.17, 15) is 15.0 Å². The van der Waals surface area contributed by atoms with E-state index in [4.69, 9.17) is 4.74 Å². The van der Waals surface area contributed by atoms with Gasteiger partial charge in [-0.3, -0.25) is 4.79 Å². The summed E-state index contributed by atoms with van der Waals surface area (Å²) >= 11 is 0. The Hall–Kier alpha value is -0.910. The fraction of sp³-hybridized carbons (Fsp3) is 0.870. The summed E-state index contributed by atoms with van der Waals surface area (Å²) in [6, 6.07) is 0.